The molecule has 0 aromatic heterocycles. The van der Waals surface area contributed by atoms with E-state index >= 15 is 0 Å². The van der Waals surface area contributed by atoms with Crippen LogP contribution in [0.4, 0.5) is 0 Å². The van der Waals surface area contributed by atoms with E-state index in [4.69, 9.17) is 0 Å². The minimum atomic E-state index is 0.726. The third-order valence-electron chi connectivity index (χ3n) is 0.610. The van der Waals surface area contributed by atoms with Crippen molar-refractivity contribution in [2.75, 3.05) is 5.33 Å². The Labute approximate surface area is 63.4 Å². The summed E-state index contributed by atoms with van der Waals surface area (Å²) in [5.74, 6) is 0. The van der Waals surface area contributed by atoms with Crippen molar-refractivity contribution in [3.8, 4) is 0 Å². The first-order chi connectivity index (χ1) is 2.81. The zero-order valence-corrected chi connectivity index (χ0v) is 8.92. The molecule has 0 aliphatic heterocycles. The first-order valence-electron chi connectivity index (χ1n) is 2.01. The molecular weight excluding hydrogens is 223 g/mol. The first kappa shape index (κ1) is 7.49. The molecule has 1 atom stereocenters. The minimum Gasteiger partial charge on any atom is -0.0916 e. The van der Waals surface area contributed by atoms with Crippen LogP contribution in [-0.4, -0.2) is 26.4 Å². The summed E-state index contributed by atoms with van der Waals surface area (Å²) in [7, 11) is 0. The average Bonchev–Trinajstić information content (AvgIpc) is 1.65. The van der Waals surface area contributed by atoms with Gasteiger partial charge >= 0.3 is 0 Å². The lowest BCUT2D eigenvalue weighted by atomic mass is 10.6. The van der Waals surface area contributed by atoms with Gasteiger partial charge < -0.3 is 0 Å². The third kappa shape index (κ3) is 3.67. The van der Waals surface area contributed by atoms with Crippen LogP contribution in [0.3, 0.4) is 0 Å². The Kier molecular flexibility index (Phi) is 5.80. The molecule has 0 saturated heterocycles. The number of alkyl halides is 2. The zero-order valence-electron chi connectivity index (χ0n) is 3.75. The summed E-state index contributed by atoms with van der Waals surface area (Å²) >= 11 is 8.12. The molecule has 0 bridgehead atoms. The molecule has 0 amide bonds. The molecule has 6 heavy (non-hydrogen) atoms. The summed E-state index contributed by atoms with van der Waals surface area (Å²) in [6, 6.07) is 0. The molecule has 0 rings (SSSR count). The standard InChI is InChI=1S/C3H5Br2.Al.2H/c1-3(5)2-4;;;/h3H,1-2H2;;;. The number of hydrogen-bond acceptors (Lipinski definition) is 0. The maximum atomic E-state index is 3.46. The van der Waals surface area contributed by atoms with Crippen molar-refractivity contribution in [2.45, 2.75) is 10.1 Å². The van der Waals surface area contributed by atoms with E-state index in [1.165, 1.54) is 21.6 Å². The molecule has 0 saturated carbocycles. The fourth-order valence-electron chi connectivity index (χ4n) is 0.109. The summed E-state index contributed by atoms with van der Waals surface area (Å²) in [6.45, 7) is 0. The van der Waals surface area contributed by atoms with Gasteiger partial charge in [0.15, 0.2) is 0 Å². The van der Waals surface area contributed by atoms with Crippen molar-refractivity contribution in [1.29, 1.82) is 0 Å². The normalized spacial score (nSPS) is 14.3. The number of hydrogen-bond donors (Lipinski definition) is 0. The van der Waals surface area contributed by atoms with Crippen molar-refractivity contribution in [2.24, 2.45) is 0 Å². The second kappa shape index (κ2) is 4.65. The van der Waals surface area contributed by atoms with Gasteiger partial charge in [-0.3, -0.25) is 0 Å². The molecule has 3 heteroatoms. The van der Waals surface area contributed by atoms with E-state index in [0.717, 1.165) is 10.2 Å². The second-order valence-electron chi connectivity index (χ2n) is 1.16. The van der Waals surface area contributed by atoms with Crippen molar-refractivity contribution in [3.63, 3.8) is 0 Å². The Balaban J connectivity index is 2.75. The molecule has 36 valence electrons. The van der Waals surface area contributed by atoms with Crippen LogP contribution < -0.4 is 0 Å². The fraction of sp³-hybridized carbons (Fsp3) is 1.00. The van der Waals surface area contributed by atoms with E-state index in [2.05, 4.69) is 31.9 Å². The highest BCUT2D eigenvalue weighted by molar-refractivity contribution is 9.12. The van der Waals surface area contributed by atoms with Gasteiger partial charge in [-0.1, -0.05) is 37.1 Å². The van der Waals surface area contributed by atoms with Gasteiger partial charge in [-0.2, -0.15) is 0 Å². The summed E-state index contributed by atoms with van der Waals surface area (Å²) in [5.41, 5.74) is 0. The van der Waals surface area contributed by atoms with Gasteiger partial charge in [-0.15, -0.1) is 0 Å². The Hall–Kier alpha value is 1.49. The van der Waals surface area contributed by atoms with Crippen LogP contribution in [-0.2, 0) is 0 Å². The molecule has 1 unspecified atom stereocenters. The fourth-order valence-corrected chi connectivity index (χ4v) is 1.70. The van der Waals surface area contributed by atoms with Crippen LogP contribution in [0.25, 0.3) is 0 Å². The lowest BCUT2D eigenvalue weighted by molar-refractivity contribution is 1.16. The largest absolute Gasteiger partial charge is 0.213 e. The van der Waals surface area contributed by atoms with E-state index in [-0.39, 0.29) is 0 Å². The van der Waals surface area contributed by atoms with E-state index in [1.54, 1.807) is 0 Å². The Morgan fingerprint density at radius 2 is 2.17 bits per heavy atom. The van der Waals surface area contributed by atoms with Gasteiger partial charge in [0.1, 0.15) is 0 Å². The van der Waals surface area contributed by atoms with Gasteiger partial charge in [0.25, 0.3) is 0 Å². The molecule has 0 nitrogen and oxygen atoms in total. The van der Waals surface area contributed by atoms with Crippen LogP contribution in [0.5, 0.6) is 0 Å². The first-order valence-corrected chi connectivity index (χ1v) is 5.46. The van der Waals surface area contributed by atoms with E-state index in [0.29, 0.717) is 0 Å². The SMILES string of the molecule is [AlH2][CH2]C(Br)CBr. The van der Waals surface area contributed by atoms with Crippen molar-refractivity contribution in [3.05, 3.63) is 0 Å². The molecule has 0 spiro atoms. The maximum Gasteiger partial charge on any atom is 0.213 e. The molecule has 0 aliphatic rings. The van der Waals surface area contributed by atoms with Crippen LogP contribution in [0, 0.1) is 0 Å². The Bertz CT molecular complexity index is 28.0. The summed E-state index contributed by atoms with van der Waals surface area (Å²) in [5, 5.41) is 2.43. The lowest BCUT2D eigenvalue weighted by Crippen LogP contribution is -1.94. The van der Waals surface area contributed by atoms with E-state index in [1.807, 2.05) is 0 Å². The molecule has 0 aliphatic carbocycles. The summed E-state index contributed by atoms with van der Waals surface area (Å²) < 4.78 is 0. The second-order valence-corrected chi connectivity index (χ2v) is 3.92. The van der Waals surface area contributed by atoms with Gasteiger partial charge in [-0.05, 0) is 0 Å². The molecule has 0 radical (unpaired) electrons. The van der Waals surface area contributed by atoms with Crippen LogP contribution >= 0.6 is 31.9 Å². The summed E-state index contributed by atoms with van der Waals surface area (Å²) in [6.07, 6.45) is 0. The molecule has 0 fully saturated rings. The van der Waals surface area contributed by atoms with Gasteiger partial charge in [0.05, 0.1) is 0 Å². The third-order valence-corrected chi connectivity index (χ3v) is 5.41. The molecular formula is C3H7AlBr2. The predicted molar refractivity (Wildman–Crippen MR) is 39.9 cm³/mol. The topological polar surface area (TPSA) is 0 Å². The molecule has 0 aromatic rings. The average molecular weight is 230 g/mol. The van der Waals surface area contributed by atoms with Crippen LogP contribution in [0.2, 0.25) is 5.28 Å². The van der Waals surface area contributed by atoms with Crippen molar-refractivity contribution >= 4 is 48.2 Å². The monoisotopic (exact) mass is 228 g/mol. The highest BCUT2D eigenvalue weighted by Crippen LogP contribution is 2.05. The molecule has 0 N–H and O–H groups in total. The number of halogens is 2. The van der Waals surface area contributed by atoms with Gasteiger partial charge in [-0.25, -0.2) is 0 Å². The quantitative estimate of drug-likeness (QED) is 0.493. The van der Waals surface area contributed by atoms with Crippen LogP contribution in [0.15, 0.2) is 0 Å². The van der Waals surface area contributed by atoms with E-state index in [9.17, 15) is 0 Å². The molecule has 0 heterocycles. The minimum absolute atomic E-state index is 0.726. The van der Waals surface area contributed by atoms with Crippen LogP contribution in [0.1, 0.15) is 0 Å². The number of rotatable bonds is 2. The summed E-state index contributed by atoms with van der Waals surface area (Å²) in [4.78, 5) is 0.726. The Morgan fingerprint density at radius 3 is 2.17 bits per heavy atom. The van der Waals surface area contributed by atoms with Gasteiger partial charge in [0.2, 0.25) is 16.3 Å². The highest BCUT2D eigenvalue weighted by Gasteiger charge is 1.92. The highest BCUT2D eigenvalue weighted by atomic mass is 79.9. The zero-order chi connectivity index (χ0) is 4.99. The predicted octanol–water partition coefficient (Wildman–Crippen LogP) is 1.20. The van der Waals surface area contributed by atoms with Crippen molar-refractivity contribution in [1.82, 2.24) is 0 Å². The smallest absolute Gasteiger partial charge is 0.0916 e. The van der Waals surface area contributed by atoms with Crippen molar-refractivity contribution < 1.29 is 0 Å². The lowest BCUT2D eigenvalue weighted by Gasteiger charge is -1.95. The molecule has 0 aromatic carbocycles. The van der Waals surface area contributed by atoms with E-state index < -0.39 is 0 Å². The van der Waals surface area contributed by atoms with Gasteiger partial charge in [0, 0.05) is 10.2 Å². The maximum absolute atomic E-state index is 3.46. The Morgan fingerprint density at radius 1 is 1.67 bits per heavy atom.